The Kier molecular flexibility index (Phi) is 4.96. The third-order valence-electron chi connectivity index (χ3n) is 4.57. The molecular formula is C18H20N6OS2. The van der Waals surface area contributed by atoms with Gasteiger partial charge in [-0.15, -0.1) is 16.4 Å². The average molecular weight is 401 g/mol. The smallest absolute Gasteiger partial charge is 0.230 e. The van der Waals surface area contributed by atoms with Crippen LogP contribution < -0.4 is 4.90 Å². The zero-order chi connectivity index (χ0) is 19.0. The third kappa shape index (κ3) is 3.74. The molecule has 0 unspecified atom stereocenters. The molecule has 2 heterocycles. The second kappa shape index (κ2) is 7.40. The predicted molar refractivity (Wildman–Crippen MR) is 106 cm³/mol. The molecule has 0 spiro atoms. The molecule has 1 saturated carbocycles. The lowest BCUT2D eigenvalue weighted by Gasteiger charge is -2.21. The summed E-state index contributed by atoms with van der Waals surface area (Å²) in [7, 11) is 0. The SMILES string of the molecule is CC(=O)N(c1nc(CSc2nnnn2C2CC2)cs1)c1cccc(C)c1C. The molecule has 27 heavy (non-hydrogen) atoms. The predicted octanol–water partition coefficient (Wildman–Crippen LogP) is 4.06. The standard InChI is InChI=1S/C18H20N6OS2/c1-11-5-4-6-16(12(11)2)23(13(3)25)17-19-14(9-26-17)10-27-18-20-21-22-24(18)15-7-8-15/h4-6,9,15H,7-8,10H2,1-3H3. The zero-order valence-electron chi connectivity index (χ0n) is 15.4. The summed E-state index contributed by atoms with van der Waals surface area (Å²) in [6, 6.07) is 6.43. The van der Waals surface area contributed by atoms with E-state index in [4.69, 9.17) is 4.98 Å². The lowest BCUT2D eigenvalue weighted by Crippen LogP contribution is -2.23. The van der Waals surface area contributed by atoms with Crippen molar-refractivity contribution in [2.24, 2.45) is 0 Å². The van der Waals surface area contributed by atoms with Crippen LogP contribution in [0.4, 0.5) is 10.8 Å². The van der Waals surface area contributed by atoms with Gasteiger partial charge in [0.15, 0.2) is 5.13 Å². The molecule has 0 bridgehead atoms. The van der Waals surface area contributed by atoms with E-state index in [0.717, 1.165) is 40.5 Å². The molecule has 3 aromatic rings. The Bertz CT molecular complexity index is 978. The molecule has 0 saturated heterocycles. The van der Waals surface area contributed by atoms with Crippen LogP contribution in [0.2, 0.25) is 0 Å². The number of hydrogen-bond acceptors (Lipinski definition) is 7. The van der Waals surface area contributed by atoms with Crippen LogP contribution in [0.3, 0.4) is 0 Å². The minimum Gasteiger partial charge on any atom is -0.274 e. The first-order valence-electron chi connectivity index (χ1n) is 8.76. The van der Waals surface area contributed by atoms with Crippen molar-refractivity contribution in [2.75, 3.05) is 4.90 Å². The fraction of sp³-hybridized carbons (Fsp3) is 0.389. The molecule has 1 amide bonds. The highest BCUT2D eigenvalue weighted by atomic mass is 32.2. The number of aromatic nitrogens is 5. The summed E-state index contributed by atoms with van der Waals surface area (Å²) in [6.45, 7) is 5.65. The summed E-state index contributed by atoms with van der Waals surface area (Å²) in [4.78, 5) is 18.7. The molecule has 1 aliphatic carbocycles. The van der Waals surface area contributed by atoms with E-state index in [9.17, 15) is 4.79 Å². The number of aryl methyl sites for hydroxylation is 1. The lowest BCUT2D eigenvalue weighted by atomic mass is 10.1. The van der Waals surface area contributed by atoms with Crippen molar-refractivity contribution < 1.29 is 4.79 Å². The summed E-state index contributed by atoms with van der Waals surface area (Å²) < 4.78 is 1.90. The van der Waals surface area contributed by atoms with Gasteiger partial charge >= 0.3 is 0 Å². The van der Waals surface area contributed by atoms with E-state index in [0.29, 0.717) is 16.9 Å². The normalized spacial score (nSPS) is 13.7. The van der Waals surface area contributed by atoms with Crippen LogP contribution in [0, 0.1) is 13.8 Å². The molecule has 1 fully saturated rings. The van der Waals surface area contributed by atoms with Gasteiger partial charge in [-0.1, -0.05) is 23.9 Å². The number of rotatable bonds is 6. The Hall–Kier alpha value is -2.26. The Morgan fingerprint density at radius 1 is 1.37 bits per heavy atom. The van der Waals surface area contributed by atoms with Gasteiger partial charge in [0.05, 0.1) is 17.4 Å². The summed E-state index contributed by atoms with van der Waals surface area (Å²) >= 11 is 3.06. The van der Waals surface area contributed by atoms with Crippen LogP contribution >= 0.6 is 23.1 Å². The van der Waals surface area contributed by atoms with Crippen LogP contribution in [0.15, 0.2) is 28.7 Å². The van der Waals surface area contributed by atoms with Crippen molar-refractivity contribution in [2.45, 2.75) is 50.6 Å². The molecular weight excluding hydrogens is 380 g/mol. The van der Waals surface area contributed by atoms with Gasteiger partial charge in [0.1, 0.15) is 0 Å². The summed E-state index contributed by atoms with van der Waals surface area (Å²) in [5, 5.41) is 15.5. The quantitative estimate of drug-likeness (QED) is 0.581. The number of carbonyl (C=O) groups is 1. The van der Waals surface area contributed by atoms with Crippen LogP contribution in [0.25, 0.3) is 0 Å². The number of benzene rings is 1. The first kappa shape index (κ1) is 18.1. The summed E-state index contributed by atoms with van der Waals surface area (Å²) in [6.07, 6.45) is 2.28. The number of nitrogens with zero attached hydrogens (tertiary/aromatic N) is 6. The maximum absolute atomic E-state index is 12.3. The van der Waals surface area contributed by atoms with Crippen molar-refractivity contribution >= 4 is 39.8 Å². The van der Waals surface area contributed by atoms with Gasteiger partial charge < -0.3 is 0 Å². The van der Waals surface area contributed by atoms with E-state index in [1.165, 1.54) is 11.3 Å². The number of anilines is 2. The van der Waals surface area contributed by atoms with Crippen molar-refractivity contribution in [3.05, 3.63) is 40.4 Å². The minimum atomic E-state index is -0.0464. The molecule has 0 radical (unpaired) electrons. The summed E-state index contributed by atoms with van der Waals surface area (Å²) in [5.74, 6) is 0.622. The van der Waals surface area contributed by atoms with E-state index < -0.39 is 0 Å². The van der Waals surface area contributed by atoms with Crippen molar-refractivity contribution in [3.8, 4) is 0 Å². The first-order valence-corrected chi connectivity index (χ1v) is 10.6. The van der Waals surface area contributed by atoms with Gasteiger partial charge in [-0.3, -0.25) is 9.69 Å². The molecule has 9 heteroatoms. The molecule has 1 aliphatic rings. The second-order valence-electron chi connectivity index (χ2n) is 6.62. The van der Waals surface area contributed by atoms with E-state index in [1.807, 2.05) is 42.1 Å². The van der Waals surface area contributed by atoms with Gasteiger partial charge in [-0.05, 0) is 54.3 Å². The summed E-state index contributed by atoms with van der Waals surface area (Å²) in [5.41, 5.74) is 4.04. The van der Waals surface area contributed by atoms with Gasteiger partial charge in [0.25, 0.3) is 0 Å². The lowest BCUT2D eigenvalue weighted by molar-refractivity contribution is -0.115. The Morgan fingerprint density at radius 2 is 2.19 bits per heavy atom. The number of carbonyl (C=O) groups excluding carboxylic acids is 1. The Morgan fingerprint density at radius 3 is 2.93 bits per heavy atom. The fourth-order valence-electron chi connectivity index (χ4n) is 2.82. The molecule has 2 aromatic heterocycles. The van der Waals surface area contributed by atoms with Crippen molar-refractivity contribution in [1.82, 2.24) is 25.2 Å². The average Bonchev–Trinajstić information content (AvgIpc) is 3.19. The van der Waals surface area contributed by atoms with Gasteiger partial charge in [-0.25, -0.2) is 9.67 Å². The molecule has 0 N–H and O–H groups in total. The highest BCUT2D eigenvalue weighted by molar-refractivity contribution is 7.98. The fourth-order valence-corrected chi connectivity index (χ4v) is 4.64. The van der Waals surface area contributed by atoms with Crippen LogP contribution in [0.1, 0.15) is 42.6 Å². The molecule has 1 aromatic carbocycles. The van der Waals surface area contributed by atoms with Crippen LogP contribution in [0.5, 0.6) is 0 Å². The molecule has 0 atom stereocenters. The highest BCUT2D eigenvalue weighted by Gasteiger charge is 2.28. The number of thiazole rings is 1. The molecule has 0 aliphatic heterocycles. The van der Waals surface area contributed by atoms with E-state index in [2.05, 4.69) is 15.5 Å². The van der Waals surface area contributed by atoms with Crippen LogP contribution in [-0.2, 0) is 10.5 Å². The van der Waals surface area contributed by atoms with Gasteiger partial charge in [0, 0.05) is 18.1 Å². The number of tetrazole rings is 1. The number of amides is 1. The largest absolute Gasteiger partial charge is 0.274 e. The van der Waals surface area contributed by atoms with Crippen molar-refractivity contribution in [1.29, 1.82) is 0 Å². The topological polar surface area (TPSA) is 76.8 Å². The Balaban J connectivity index is 1.53. The molecule has 4 rings (SSSR count). The zero-order valence-corrected chi connectivity index (χ0v) is 17.0. The number of hydrogen-bond donors (Lipinski definition) is 0. The van der Waals surface area contributed by atoms with E-state index in [-0.39, 0.29) is 5.91 Å². The molecule has 7 nitrogen and oxygen atoms in total. The van der Waals surface area contributed by atoms with E-state index >= 15 is 0 Å². The first-order chi connectivity index (χ1) is 13.0. The van der Waals surface area contributed by atoms with Crippen molar-refractivity contribution in [3.63, 3.8) is 0 Å². The highest BCUT2D eigenvalue weighted by Crippen LogP contribution is 2.37. The second-order valence-corrected chi connectivity index (χ2v) is 8.40. The van der Waals surface area contributed by atoms with Crippen LogP contribution in [-0.4, -0.2) is 31.1 Å². The van der Waals surface area contributed by atoms with Gasteiger partial charge in [-0.2, -0.15) is 0 Å². The number of thioether (sulfide) groups is 1. The van der Waals surface area contributed by atoms with Gasteiger partial charge in [0.2, 0.25) is 11.1 Å². The maximum Gasteiger partial charge on any atom is 0.230 e. The maximum atomic E-state index is 12.3. The Labute approximate surface area is 165 Å². The third-order valence-corrected chi connectivity index (χ3v) is 6.41. The monoisotopic (exact) mass is 400 g/mol. The minimum absolute atomic E-state index is 0.0464. The molecule has 140 valence electrons. The van der Waals surface area contributed by atoms with E-state index in [1.54, 1.807) is 23.6 Å².